The third kappa shape index (κ3) is 8.36. The van der Waals surface area contributed by atoms with Crippen molar-refractivity contribution in [3.8, 4) is 0 Å². The molecule has 0 amide bonds. The highest BCUT2D eigenvalue weighted by Gasteiger charge is 2.34. The molecule has 0 aliphatic carbocycles. The molecule has 2 rings (SSSR count). The second-order valence-electron chi connectivity index (χ2n) is 9.92. The van der Waals surface area contributed by atoms with Gasteiger partial charge in [0.1, 0.15) is 5.60 Å². The van der Waals surface area contributed by atoms with Crippen molar-refractivity contribution in [1.82, 2.24) is 0 Å². The van der Waals surface area contributed by atoms with Gasteiger partial charge in [-0.25, -0.2) is 0 Å². The lowest BCUT2D eigenvalue weighted by Crippen LogP contribution is -2.25. The van der Waals surface area contributed by atoms with Gasteiger partial charge in [0.25, 0.3) is 10.1 Å². The van der Waals surface area contributed by atoms with Gasteiger partial charge in [-0.1, -0.05) is 17.7 Å². The minimum atomic E-state index is -3.84. The standard InChI is InChI=1S/C23H36O6S/c1-17-7-10-20(11-8-17)30(25,26)28-16-18(9-12-21(24)29-22(2,3)4)13-19-14-23(5,6)27-15-19/h7-8,10-11,18-19H,9,12-16H2,1-6H3. The Bertz CT molecular complexity index is 805. The third-order valence-corrected chi connectivity index (χ3v) is 6.40. The molecule has 1 aromatic carbocycles. The van der Waals surface area contributed by atoms with Crippen LogP contribution in [0.3, 0.4) is 0 Å². The molecule has 30 heavy (non-hydrogen) atoms. The van der Waals surface area contributed by atoms with E-state index in [4.69, 9.17) is 13.7 Å². The summed E-state index contributed by atoms with van der Waals surface area (Å²) in [7, 11) is -3.84. The monoisotopic (exact) mass is 440 g/mol. The summed E-state index contributed by atoms with van der Waals surface area (Å²) in [5.41, 5.74) is 0.268. The number of carbonyl (C=O) groups excluding carboxylic acids is 1. The van der Waals surface area contributed by atoms with E-state index in [-0.39, 0.29) is 35.4 Å². The van der Waals surface area contributed by atoms with Crippen LogP contribution in [0.4, 0.5) is 0 Å². The van der Waals surface area contributed by atoms with Gasteiger partial charge >= 0.3 is 5.97 Å². The van der Waals surface area contributed by atoms with E-state index >= 15 is 0 Å². The van der Waals surface area contributed by atoms with E-state index in [9.17, 15) is 13.2 Å². The first-order chi connectivity index (χ1) is 13.8. The molecule has 0 aromatic heterocycles. The molecule has 7 heteroatoms. The summed E-state index contributed by atoms with van der Waals surface area (Å²) in [5.74, 6) is -0.0496. The number of rotatable bonds is 9. The third-order valence-electron chi connectivity index (χ3n) is 5.10. The van der Waals surface area contributed by atoms with Crippen LogP contribution in [0.25, 0.3) is 0 Å². The Labute approximate surface area is 181 Å². The van der Waals surface area contributed by atoms with E-state index in [1.807, 2.05) is 27.7 Å². The second-order valence-corrected chi connectivity index (χ2v) is 11.5. The molecule has 2 unspecified atom stereocenters. The van der Waals surface area contributed by atoms with Crippen LogP contribution >= 0.6 is 0 Å². The van der Waals surface area contributed by atoms with Crippen molar-refractivity contribution in [2.45, 2.75) is 83.3 Å². The lowest BCUT2D eigenvalue weighted by Gasteiger charge is -2.22. The van der Waals surface area contributed by atoms with Gasteiger partial charge in [0, 0.05) is 6.42 Å². The Kier molecular flexibility index (Phi) is 8.10. The van der Waals surface area contributed by atoms with E-state index in [2.05, 4.69) is 13.8 Å². The van der Waals surface area contributed by atoms with Crippen LogP contribution in [-0.4, -0.2) is 38.8 Å². The van der Waals surface area contributed by atoms with E-state index in [1.165, 1.54) is 0 Å². The molecule has 1 fully saturated rings. The van der Waals surface area contributed by atoms with Crippen molar-refractivity contribution < 1.29 is 26.9 Å². The lowest BCUT2D eigenvalue weighted by molar-refractivity contribution is -0.155. The first-order valence-corrected chi connectivity index (χ1v) is 12.0. The van der Waals surface area contributed by atoms with Gasteiger partial charge < -0.3 is 9.47 Å². The molecule has 2 atom stereocenters. The largest absolute Gasteiger partial charge is 0.460 e. The van der Waals surface area contributed by atoms with Crippen molar-refractivity contribution in [3.05, 3.63) is 29.8 Å². The molecule has 0 radical (unpaired) electrons. The van der Waals surface area contributed by atoms with Crippen LogP contribution < -0.4 is 0 Å². The molecule has 170 valence electrons. The Hall–Kier alpha value is -1.44. The molecule has 6 nitrogen and oxygen atoms in total. The Balaban J connectivity index is 2.01. The Morgan fingerprint density at radius 2 is 1.87 bits per heavy atom. The van der Waals surface area contributed by atoms with Crippen molar-refractivity contribution in [1.29, 1.82) is 0 Å². The van der Waals surface area contributed by atoms with Gasteiger partial charge in [-0.3, -0.25) is 8.98 Å². The summed E-state index contributed by atoms with van der Waals surface area (Å²) in [6.07, 6.45) is 2.39. The van der Waals surface area contributed by atoms with E-state index in [1.54, 1.807) is 24.3 Å². The number of aryl methyl sites for hydroxylation is 1. The topological polar surface area (TPSA) is 78.9 Å². The minimum Gasteiger partial charge on any atom is -0.460 e. The maximum Gasteiger partial charge on any atom is 0.306 e. The number of hydrogen-bond acceptors (Lipinski definition) is 6. The highest BCUT2D eigenvalue weighted by atomic mass is 32.2. The van der Waals surface area contributed by atoms with Crippen LogP contribution in [0, 0.1) is 18.8 Å². The normalized spacial score (nSPS) is 20.1. The van der Waals surface area contributed by atoms with Crippen molar-refractivity contribution >= 4 is 16.1 Å². The fourth-order valence-electron chi connectivity index (χ4n) is 3.72. The fraction of sp³-hybridized carbons (Fsp3) is 0.696. The molecular weight excluding hydrogens is 404 g/mol. The van der Waals surface area contributed by atoms with Crippen LogP contribution in [0.1, 0.15) is 65.9 Å². The molecule has 0 bridgehead atoms. The number of carbonyl (C=O) groups is 1. The van der Waals surface area contributed by atoms with Crippen LogP contribution in [0.5, 0.6) is 0 Å². The first kappa shape index (κ1) is 24.8. The summed E-state index contributed by atoms with van der Waals surface area (Å²) in [5, 5.41) is 0. The van der Waals surface area contributed by atoms with Gasteiger partial charge in [-0.2, -0.15) is 8.42 Å². The molecule has 1 aliphatic rings. The number of ether oxygens (including phenoxy) is 2. The van der Waals surface area contributed by atoms with E-state index in [0.29, 0.717) is 18.9 Å². The van der Waals surface area contributed by atoms with Gasteiger partial charge in [0.15, 0.2) is 0 Å². The van der Waals surface area contributed by atoms with Gasteiger partial charge in [-0.15, -0.1) is 0 Å². The summed E-state index contributed by atoms with van der Waals surface area (Å²) in [6.45, 7) is 12.2. The van der Waals surface area contributed by atoms with Crippen molar-refractivity contribution in [2.75, 3.05) is 13.2 Å². The number of esters is 1. The summed E-state index contributed by atoms with van der Waals surface area (Å²) < 4.78 is 41.8. The highest BCUT2D eigenvalue weighted by Crippen LogP contribution is 2.34. The van der Waals surface area contributed by atoms with Gasteiger partial charge in [-0.05, 0) is 84.8 Å². The molecule has 1 aromatic rings. The van der Waals surface area contributed by atoms with Crippen LogP contribution in [0.15, 0.2) is 29.2 Å². The Morgan fingerprint density at radius 3 is 2.40 bits per heavy atom. The highest BCUT2D eigenvalue weighted by molar-refractivity contribution is 7.86. The van der Waals surface area contributed by atoms with Gasteiger partial charge in [0.2, 0.25) is 0 Å². The summed E-state index contributed by atoms with van der Waals surface area (Å²) in [4.78, 5) is 12.3. The van der Waals surface area contributed by atoms with Crippen molar-refractivity contribution in [2.24, 2.45) is 11.8 Å². The molecule has 1 saturated heterocycles. The summed E-state index contributed by atoms with van der Waals surface area (Å²) >= 11 is 0. The van der Waals surface area contributed by atoms with Crippen molar-refractivity contribution in [3.63, 3.8) is 0 Å². The lowest BCUT2D eigenvalue weighted by atomic mass is 9.87. The summed E-state index contributed by atoms with van der Waals surface area (Å²) in [6, 6.07) is 6.59. The fourth-order valence-corrected chi connectivity index (χ4v) is 4.70. The molecule has 1 heterocycles. The molecule has 1 aliphatic heterocycles. The SMILES string of the molecule is Cc1ccc(S(=O)(=O)OCC(CCC(=O)OC(C)(C)C)CC2COC(C)(C)C2)cc1. The first-order valence-electron chi connectivity index (χ1n) is 10.6. The molecular formula is C23H36O6S. The smallest absolute Gasteiger partial charge is 0.306 e. The molecule has 0 saturated carbocycles. The number of benzene rings is 1. The quantitative estimate of drug-likeness (QED) is 0.411. The Morgan fingerprint density at radius 1 is 1.23 bits per heavy atom. The average molecular weight is 441 g/mol. The predicted octanol–water partition coefficient (Wildman–Crippen LogP) is 4.64. The van der Waals surface area contributed by atoms with Crippen LogP contribution in [-0.2, 0) is 28.6 Å². The average Bonchev–Trinajstić information content (AvgIpc) is 2.95. The maximum absolute atomic E-state index is 12.6. The zero-order valence-corrected chi connectivity index (χ0v) is 19.9. The zero-order valence-electron chi connectivity index (χ0n) is 19.1. The number of hydrogen-bond donors (Lipinski definition) is 0. The maximum atomic E-state index is 12.6. The van der Waals surface area contributed by atoms with Crippen LogP contribution in [0.2, 0.25) is 0 Å². The zero-order chi connectivity index (χ0) is 22.6. The van der Waals surface area contributed by atoms with Gasteiger partial charge in [0.05, 0.1) is 23.7 Å². The predicted molar refractivity (Wildman–Crippen MR) is 116 cm³/mol. The van der Waals surface area contributed by atoms with E-state index < -0.39 is 15.7 Å². The van der Waals surface area contributed by atoms with E-state index in [0.717, 1.165) is 18.4 Å². The minimum absolute atomic E-state index is 0.0376. The second kappa shape index (κ2) is 9.79. The molecule has 0 spiro atoms. The molecule has 0 N–H and O–H groups in total.